The SMILES string of the molecule is C=C1[C@H]2CC[C@@H]3[C@@]4(C)[C@H](O)CC[C@](C)(C(=O)O)[C@@H]4C[C@@H](O[C@H]4O[C@@H](CO)[C@H](O)[C@@H](O)[C@@H]4O)[C@@]3(C2)[C@@H]1O. The van der Waals surface area contributed by atoms with Crippen molar-refractivity contribution in [3.63, 3.8) is 0 Å². The average Bonchev–Trinajstić information content (AvgIpc) is 3.03. The molecule has 5 rings (SSSR count). The molecule has 0 radical (unpaired) electrons. The molecule has 1 aliphatic heterocycles. The lowest BCUT2D eigenvalue weighted by molar-refractivity contribution is -0.344. The molecule has 1 heterocycles. The minimum atomic E-state index is -1.62. The molecule has 10 nitrogen and oxygen atoms in total. The minimum Gasteiger partial charge on any atom is -0.481 e. The summed E-state index contributed by atoms with van der Waals surface area (Å²) in [6.07, 6.45) is -6.98. The van der Waals surface area contributed by atoms with Crippen LogP contribution >= 0.6 is 0 Å². The maximum absolute atomic E-state index is 12.6. The number of carbonyl (C=O) groups is 1. The van der Waals surface area contributed by atoms with Crippen molar-refractivity contribution in [3.8, 4) is 0 Å². The Morgan fingerprint density at radius 3 is 2.39 bits per heavy atom. The third-order valence-corrected chi connectivity index (χ3v) is 11.0. The van der Waals surface area contributed by atoms with Gasteiger partial charge in [0.2, 0.25) is 0 Å². The van der Waals surface area contributed by atoms with E-state index in [9.17, 15) is 40.5 Å². The number of fused-ring (bicyclic) bond motifs is 3. The van der Waals surface area contributed by atoms with Crippen LogP contribution in [0.4, 0.5) is 0 Å². The van der Waals surface area contributed by atoms with Gasteiger partial charge in [0, 0.05) is 10.8 Å². The zero-order valence-corrected chi connectivity index (χ0v) is 20.9. The first-order valence-corrected chi connectivity index (χ1v) is 13.1. The molecule has 0 aromatic rings. The summed E-state index contributed by atoms with van der Waals surface area (Å²) in [5.74, 6) is -1.66. The number of ether oxygens (including phenoxy) is 2. The summed E-state index contributed by atoms with van der Waals surface area (Å²) < 4.78 is 12.0. The Labute approximate surface area is 210 Å². The van der Waals surface area contributed by atoms with E-state index in [4.69, 9.17) is 9.47 Å². The van der Waals surface area contributed by atoms with Gasteiger partial charge in [0.15, 0.2) is 6.29 Å². The summed E-state index contributed by atoms with van der Waals surface area (Å²) in [4.78, 5) is 12.6. The van der Waals surface area contributed by atoms with Crippen molar-refractivity contribution < 1.29 is 50.0 Å². The van der Waals surface area contributed by atoms with Crippen LogP contribution in [0.5, 0.6) is 0 Å². The van der Waals surface area contributed by atoms with E-state index >= 15 is 0 Å². The zero-order valence-electron chi connectivity index (χ0n) is 20.9. The van der Waals surface area contributed by atoms with E-state index in [1.54, 1.807) is 6.92 Å². The van der Waals surface area contributed by atoms with Gasteiger partial charge in [0.25, 0.3) is 0 Å². The number of aliphatic carboxylic acids is 1. The fourth-order valence-electron chi connectivity index (χ4n) is 8.96. The highest BCUT2D eigenvalue weighted by Gasteiger charge is 2.73. The molecule has 14 atom stereocenters. The number of carboxylic acids is 1. The van der Waals surface area contributed by atoms with Gasteiger partial charge in [-0.1, -0.05) is 13.5 Å². The molecular formula is C26H40O10. The second kappa shape index (κ2) is 8.71. The predicted octanol–water partition coefficient (Wildman–Crippen LogP) is -0.223. The molecule has 36 heavy (non-hydrogen) atoms. The van der Waals surface area contributed by atoms with Gasteiger partial charge < -0.3 is 45.2 Å². The summed E-state index contributed by atoms with van der Waals surface area (Å²) in [6, 6.07) is 0. The third kappa shape index (κ3) is 3.29. The number of carboxylic acid groups (broad SMARTS) is 1. The van der Waals surface area contributed by atoms with Crippen LogP contribution in [0.15, 0.2) is 12.2 Å². The van der Waals surface area contributed by atoms with Crippen molar-refractivity contribution in [1.29, 1.82) is 0 Å². The lowest BCUT2D eigenvalue weighted by Crippen LogP contribution is -2.70. The van der Waals surface area contributed by atoms with Gasteiger partial charge in [-0.05, 0) is 68.8 Å². The molecule has 4 aliphatic carbocycles. The molecule has 0 aromatic heterocycles. The molecule has 1 spiro atoms. The van der Waals surface area contributed by atoms with Gasteiger partial charge in [-0.15, -0.1) is 0 Å². The van der Waals surface area contributed by atoms with Crippen LogP contribution in [0, 0.1) is 34.0 Å². The summed E-state index contributed by atoms with van der Waals surface area (Å²) in [7, 11) is 0. The van der Waals surface area contributed by atoms with Gasteiger partial charge in [0.1, 0.15) is 24.4 Å². The first-order valence-electron chi connectivity index (χ1n) is 13.1. The Balaban J connectivity index is 1.59. The number of hydrogen-bond donors (Lipinski definition) is 7. The zero-order chi connectivity index (χ0) is 26.4. The standard InChI is InChI=1S/C26H40O10/c1-11-12-4-5-14-25(3)15(24(2,23(33)34)7-6-16(25)28)8-17(26(14,9-12)21(11)32)36-22-20(31)19(30)18(29)13(10-27)35-22/h12-22,27-32H,1,4-10H2,2-3H3,(H,33,34)/t12-,13-,14+,15-,16+,17+,18-,19+,20-,21+,22+,24-,25+,26-/m0/s1. The molecular weight excluding hydrogens is 472 g/mol. The first-order chi connectivity index (χ1) is 16.8. The highest BCUT2D eigenvalue weighted by atomic mass is 16.7. The van der Waals surface area contributed by atoms with E-state index in [2.05, 4.69) is 6.58 Å². The molecule has 0 unspecified atom stereocenters. The Bertz CT molecular complexity index is 909. The fraction of sp³-hybridized carbons (Fsp3) is 0.885. The van der Waals surface area contributed by atoms with Gasteiger partial charge in [-0.2, -0.15) is 0 Å². The molecule has 204 valence electrons. The summed E-state index contributed by atoms with van der Waals surface area (Å²) in [6.45, 7) is 7.22. The van der Waals surface area contributed by atoms with Gasteiger partial charge in [-0.25, -0.2) is 0 Å². The Kier molecular flexibility index (Phi) is 6.41. The Morgan fingerprint density at radius 1 is 1.06 bits per heavy atom. The summed E-state index contributed by atoms with van der Waals surface area (Å²) in [5, 5.41) is 74.2. The molecule has 2 bridgehead atoms. The Morgan fingerprint density at radius 2 is 1.75 bits per heavy atom. The van der Waals surface area contributed by atoms with Crippen molar-refractivity contribution >= 4 is 5.97 Å². The van der Waals surface area contributed by atoms with Crippen molar-refractivity contribution in [1.82, 2.24) is 0 Å². The van der Waals surface area contributed by atoms with Crippen LogP contribution in [0.1, 0.15) is 52.4 Å². The topological polar surface area (TPSA) is 177 Å². The van der Waals surface area contributed by atoms with Crippen molar-refractivity contribution in [2.45, 2.75) is 101 Å². The van der Waals surface area contributed by atoms with Crippen molar-refractivity contribution in [2.24, 2.45) is 34.0 Å². The maximum Gasteiger partial charge on any atom is 0.309 e. The van der Waals surface area contributed by atoms with Gasteiger partial charge in [-0.3, -0.25) is 4.79 Å². The summed E-state index contributed by atoms with van der Waals surface area (Å²) in [5.41, 5.74) is -2.11. The maximum atomic E-state index is 12.6. The highest BCUT2D eigenvalue weighted by molar-refractivity contribution is 5.75. The van der Waals surface area contributed by atoms with Crippen LogP contribution in [0.2, 0.25) is 0 Å². The largest absolute Gasteiger partial charge is 0.481 e. The van der Waals surface area contributed by atoms with E-state index in [1.165, 1.54) is 0 Å². The lowest BCUT2D eigenvalue weighted by Gasteiger charge is -2.67. The van der Waals surface area contributed by atoms with E-state index in [1.807, 2.05) is 6.92 Å². The fourth-order valence-corrected chi connectivity index (χ4v) is 8.96. The molecule has 7 N–H and O–H groups in total. The molecule has 1 saturated heterocycles. The molecule has 0 aromatic carbocycles. The quantitative estimate of drug-likeness (QED) is 0.197. The van der Waals surface area contributed by atoms with E-state index < -0.39 is 83.8 Å². The van der Waals surface area contributed by atoms with Crippen LogP contribution in [0.3, 0.4) is 0 Å². The van der Waals surface area contributed by atoms with E-state index in [0.29, 0.717) is 31.3 Å². The molecule has 4 saturated carbocycles. The van der Waals surface area contributed by atoms with Crippen LogP contribution in [-0.2, 0) is 14.3 Å². The second-order valence-corrected chi connectivity index (χ2v) is 12.4. The minimum absolute atomic E-state index is 0.0592. The Hall–Kier alpha value is -1.11. The smallest absolute Gasteiger partial charge is 0.309 e. The molecule has 10 heteroatoms. The van der Waals surface area contributed by atoms with Gasteiger partial charge >= 0.3 is 5.97 Å². The number of aliphatic hydroxyl groups is 6. The molecule has 5 fully saturated rings. The van der Waals surface area contributed by atoms with Crippen LogP contribution in [0.25, 0.3) is 0 Å². The van der Waals surface area contributed by atoms with Crippen molar-refractivity contribution in [2.75, 3.05) is 6.61 Å². The number of hydrogen-bond acceptors (Lipinski definition) is 9. The normalized spacial score (nSPS) is 56.7. The lowest BCUT2D eigenvalue weighted by atomic mass is 9.39. The number of rotatable bonds is 4. The predicted molar refractivity (Wildman–Crippen MR) is 124 cm³/mol. The second-order valence-electron chi connectivity index (χ2n) is 12.4. The van der Waals surface area contributed by atoms with E-state index in [-0.39, 0.29) is 18.3 Å². The molecule has 0 amide bonds. The van der Waals surface area contributed by atoms with Gasteiger partial charge in [0.05, 0.1) is 30.3 Å². The summed E-state index contributed by atoms with van der Waals surface area (Å²) >= 11 is 0. The van der Waals surface area contributed by atoms with Crippen LogP contribution in [-0.4, -0.2) is 97.3 Å². The van der Waals surface area contributed by atoms with E-state index in [0.717, 1.165) is 6.42 Å². The highest BCUT2D eigenvalue weighted by Crippen LogP contribution is 2.72. The molecule has 5 aliphatic rings. The monoisotopic (exact) mass is 512 g/mol. The van der Waals surface area contributed by atoms with Crippen LogP contribution < -0.4 is 0 Å². The first kappa shape index (κ1) is 26.5. The third-order valence-electron chi connectivity index (χ3n) is 11.0. The average molecular weight is 513 g/mol. The van der Waals surface area contributed by atoms with Crippen molar-refractivity contribution in [3.05, 3.63) is 12.2 Å². The number of aliphatic hydroxyl groups excluding tert-OH is 6.